The van der Waals surface area contributed by atoms with E-state index in [0.29, 0.717) is 6.54 Å². The number of sulfonamides is 1. The van der Waals surface area contributed by atoms with Gasteiger partial charge in [-0.25, -0.2) is 13.4 Å². The van der Waals surface area contributed by atoms with Crippen molar-refractivity contribution in [1.82, 2.24) is 15.2 Å². The van der Waals surface area contributed by atoms with Crippen LogP contribution in [-0.2, 0) is 21.6 Å². The molecule has 0 atom stereocenters. The molecule has 0 unspecified atom stereocenters. The molecular formula is C24H27ClF3N5O2S2. The van der Waals surface area contributed by atoms with Gasteiger partial charge >= 0.3 is 6.18 Å². The number of alkyl halides is 3. The largest absolute Gasteiger partial charge is 0.417 e. The standard InChI is InChI=1S/C24H27ClF3N5O2S2/c1-15(2)21-31-32-22(36-21)33-37(34,35)18-8-6-16(7-9-18)23(10-4-3-5-11-23)14-30-20-19(25)12-17(13-29-20)24(26,27)28/h6-9,12-13,15H,3-5,10-11,14H2,1-2H3,(H,29,30)(H,32,33). The first-order chi connectivity index (χ1) is 17.4. The van der Waals surface area contributed by atoms with Crippen LogP contribution in [0.1, 0.15) is 68.0 Å². The van der Waals surface area contributed by atoms with Crippen LogP contribution >= 0.6 is 22.9 Å². The molecule has 1 aliphatic carbocycles. The van der Waals surface area contributed by atoms with Gasteiger partial charge in [0.05, 0.1) is 15.5 Å². The molecule has 1 fully saturated rings. The number of anilines is 2. The van der Waals surface area contributed by atoms with Crippen molar-refractivity contribution in [3.05, 3.63) is 57.7 Å². The maximum atomic E-state index is 13.0. The Hall–Kier alpha value is -2.44. The lowest BCUT2D eigenvalue weighted by Gasteiger charge is -2.38. The van der Waals surface area contributed by atoms with E-state index in [-0.39, 0.29) is 32.2 Å². The summed E-state index contributed by atoms with van der Waals surface area (Å²) < 4.78 is 67.2. The first kappa shape index (κ1) is 27.6. The number of halogens is 4. The smallest absolute Gasteiger partial charge is 0.368 e. The van der Waals surface area contributed by atoms with Crippen LogP contribution < -0.4 is 10.0 Å². The van der Waals surface area contributed by atoms with Crippen LogP contribution in [0.4, 0.5) is 24.1 Å². The monoisotopic (exact) mass is 573 g/mol. The summed E-state index contributed by atoms with van der Waals surface area (Å²) in [6.45, 7) is 4.31. The summed E-state index contributed by atoms with van der Waals surface area (Å²) in [5, 5.41) is 11.9. The quantitative estimate of drug-likeness (QED) is 0.306. The molecule has 0 amide bonds. The van der Waals surface area contributed by atoms with E-state index in [2.05, 4.69) is 25.2 Å². The van der Waals surface area contributed by atoms with Crippen molar-refractivity contribution >= 4 is 43.9 Å². The average molecular weight is 574 g/mol. The van der Waals surface area contributed by atoms with Crippen LogP contribution in [0.5, 0.6) is 0 Å². The van der Waals surface area contributed by atoms with E-state index < -0.39 is 21.8 Å². The van der Waals surface area contributed by atoms with Crippen LogP contribution in [-0.4, -0.2) is 30.1 Å². The second-order valence-electron chi connectivity index (χ2n) is 9.48. The lowest BCUT2D eigenvalue weighted by atomic mass is 9.69. The van der Waals surface area contributed by atoms with Gasteiger partial charge in [-0.05, 0) is 36.6 Å². The van der Waals surface area contributed by atoms with Crippen molar-refractivity contribution < 1.29 is 21.6 Å². The Balaban J connectivity index is 1.53. The fourth-order valence-corrected chi connectivity index (χ4v) is 6.65. The van der Waals surface area contributed by atoms with Gasteiger partial charge in [-0.1, -0.05) is 68.2 Å². The summed E-state index contributed by atoms with van der Waals surface area (Å²) in [6.07, 6.45) is 0.952. The average Bonchev–Trinajstić information content (AvgIpc) is 3.31. The molecule has 0 bridgehead atoms. The Labute approximate surface area is 222 Å². The van der Waals surface area contributed by atoms with Gasteiger partial charge in [0.1, 0.15) is 10.8 Å². The van der Waals surface area contributed by atoms with Gasteiger partial charge < -0.3 is 5.32 Å². The molecule has 0 saturated heterocycles. The van der Waals surface area contributed by atoms with E-state index in [1.54, 1.807) is 24.3 Å². The SMILES string of the molecule is CC(C)c1nnc(NS(=O)(=O)c2ccc(C3(CNc4ncc(C(F)(F)F)cc4Cl)CCCCC3)cc2)s1. The van der Waals surface area contributed by atoms with Gasteiger partial charge in [0, 0.05) is 24.1 Å². The molecule has 200 valence electrons. The number of nitrogens with one attached hydrogen (secondary N) is 2. The number of rotatable bonds is 8. The van der Waals surface area contributed by atoms with Gasteiger partial charge in [-0.2, -0.15) is 13.2 Å². The minimum atomic E-state index is -4.52. The van der Waals surface area contributed by atoms with Gasteiger partial charge in [0.15, 0.2) is 0 Å². The van der Waals surface area contributed by atoms with Crippen LogP contribution in [0, 0.1) is 0 Å². The Morgan fingerprint density at radius 3 is 2.35 bits per heavy atom. The Bertz CT molecular complexity index is 1340. The zero-order valence-electron chi connectivity index (χ0n) is 20.3. The number of nitrogens with zero attached hydrogens (tertiary/aromatic N) is 3. The Morgan fingerprint density at radius 1 is 1.11 bits per heavy atom. The molecule has 4 rings (SSSR count). The molecule has 1 aliphatic rings. The molecule has 0 radical (unpaired) electrons. The molecule has 7 nitrogen and oxygen atoms in total. The summed E-state index contributed by atoms with van der Waals surface area (Å²) in [4.78, 5) is 3.99. The Morgan fingerprint density at radius 2 is 1.78 bits per heavy atom. The number of hydrogen-bond donors (Lipinski definition) is 2. The maximum Gasteiger partial charge on any atom is 0.417 e. The lowest BCUT2D eigenvalue weighted by molar-refractivity contribution is -0.137. The van der Waals surface area contributed by atoms with Crippen LogP contribution in [0.3, 0.4) is 0 Å². The minimum Gasteiger partial charge on any atom is -0.368 e. The first-order valence-corrected chi connectivity index (χ1v) is 14.5. The van der Waals surface area contributed by atoms with E-state index in [9.17, 15) is 21.6 Å². The van der Waals surface area contributed by atoms with Crippen LogP contribution in [0.25, 0.3) is 0 Å². The summed E-state index contributed by atoms with van der Waals surface area (Å²) in [6, 6.07) is 7.56. The number of aromatic nitrogens is 3. The third-order valence-corrected chi connectivity index (χ3v) is 9.42. The van der Waals surface area contributed by atoms with Crippen molar-refractivity contribution in [1.29, 1.82) is 0 Å². The predicted octanol–water partition coefficient (Wildman–Crippen LogP) is 6.84. The van der Waals surface area contributed by atoms with Crippen LogP contribution in [0.2, 0.25) is 5.02 Å². The highest BCUT2D eigenvalue weighted by molar-refractivity contribution is 7.93. The molecule has 1 saturated carbocycles. The Kier molecular flexibility index (Phi) is 8.01. The van der Waals surface area contributed by atoms with Gasteiger partial charge in [-0.15, -0.1) is 10.2 Å². The van der Waals surface area contributed by atoms with Gasteiger partial charge in [-0.3, -0.25) is 4.72 Å². The molecular weight excluding hydrogens is 547 g/mol. The first-order valence-electron chi connectivity index (χ1n) is 11.8. The molecule has 3 aromatic rings. The molecule has 2 aromatic heterocycles. The van der Waals surface area contributed by atoms with E-state index >= 15 is 0 Å². The highest BCUT2D eigenvalue weighted by Gasteiger charge is 2.35. The highest BCUT2D eigenvalue weighted by atomic mass is 35.5. The maximum absolute atomic E-state index is 13.0. The summed E-state index contributed by atoms with van der Waals surface area (Å²) in [5.41, 5.74) is -0.304. The molecule has 13 heteroatoms. The van der Waals surface area contributed by atoms with Gasteiger partial charge in [0.25, 0.3) is 10.0 Å². The summed E-state index contributed by atoms with van der Waals surface area (Å²) >= 11 is 7.29. The van der Waals surface area contributed by atoms with Crippen molar-refractivity contribution in [3.8, 4) is 0 Å². The molecule has 2 heterocycles. The van der Waals surface area contributed by atoms with Crippen molar-refractivity contribution in [2.45, 2.75) is 68.4 Å². The molecule has 0 aliphatic heterocycles. The van der Waals surface area contributed by atoms with E-state index in [1.807, 2.05) is 13.8 Å². The minimum absolute atomic E-state index is 0.101. The number of benzene rings is 1. The second-order valence-corrected chi connectivity index (χ2v) is 12.6. The third-order valence-electron chi connectivity index (χ3n) is 6.51. The van der Waals surface area contributed by atoms with Crippen molar-refractivity contribution in [2.24, 2.45) is 0 Å². The molecule has 0 spiro atoms. The topological polar surface area (TPSA) is 96.9 Å². The van der Waals surface area contributed by atoms with Crippen molar-refractivity contribution in [2.75, 3.05) is 16.6 Å². The van der Waals surface area contributed by atoms with E-state index in [0.717, 1.165) is 54.9 Å². The third kappa shape index (κ3) is 6.35. The zero-order valence-corrected chi connectivity index (χ0v) is 22.7. The fourth-order valence-electron chi connectivity index (χ4n) is 4.44. The molecule has 2 N–H and O–H groups in total. The van der Waals surface area contributed by atoms with Crippen molar-refractivity contribution in [3.63, 3.8) is 0 Å². The van der Waals surface area contributed by atoms with E-state index in [4.69, 9.17) is 11.6 Å². The second kappa shape index (κ2) is 10.7. The van der Waals surface area contributed by atoms with Gasteiger partial charge in [0.2, 0.25) is 5.13 Å². The summed E-state index contributed by atoms with van der Waals surface area (Å²) in [7, 11) is -3.85. The number of pyridine rings is 1. The highest BCUT2D eigenvalue weighted by Crippen LogP contribution is 2.41. The zero-order chi connectivity index (χ0) is 26.8. The van der Waals surface area contributed by atoms with Crippen LogP contribution in [0.15, 0.2) is 41.4 Å². The fraction of sp³-hybridized carbons (Fsp3) is 0.458. The summed E-state index contributed by atoms with van der Waals surface area (Å²) in [5.74, 6) is 0.323. The normalized spacial score (nSPS) is 16.1. The van der Waals surface area contributed by atoms with E-state index in [1.165, 1.54) is 11.3 Å². The molecule has 1 aromatic carbocycles. The number of hydrogen-bond acceptors (Lipinski definition) is 7. The predicted molar refractivity (Wildman–Crippen MR) is 139 cm³/mol. The lowest BCUT2D eigenvalue weighted by Crippen LogP contribution is -2.36. The molecule has 37 heavy (non-hydrogen) atoms.